The molecule has 0 spiro atoms. The highest BCUT2D eigenvalue weighted by Gasteiger charge is 2.09. The molecule has 0 saturated heterocycles. The number of nitriles is 1. The van der Waals surface area contributed by atoms with E-state index < -0.39 is 5.82 Å². The van der Waals surface area contributed by atoms with Crippen molar-refractivity contribution >= 4 is 0 Å². The molecule has 0 unspecified atom stereocenters. The van der Waals surface area contributed by atoms with Gasteiger partial charge in [0.1, 0.15) is 11.6 Å². The third-order valence-corrected chi connectivity index (χ3v) is 3.15. The van der Waals surface area contributed by atoms with Crippen LogP contribution in [0.25, 0.3) is 11.1 Å². The average molecular weight is 286 g/mol. The van der Waals surface area contributed by atoms with Crippen LogP contribution >= 0.6 is 0 Å². The summed E-state index contributed by atoms with van der Waals surface area (Å²) in [5.41, 5.74) is 2.22. The summed E-state index contributed by atoms with van der Waals surface area (Å²) in [6.07, 6.45) is 0.995. The minimum atomic E-state index is -0.499. The van der Waals surface area contributed by atoms with Crippen LogP contribution in [0.15, 0.2) is 36.4 Å². The van der Waals surface area contributed by atoms with Gasteiger partial charge in [-0.3, -0.25) is 0 Å². The molecule has 21 heavy (non-hydrogen) atoms. The van der Waals surface area contributed by atoms with E-state index in [-0.39, 0.29) is 11.4 Å². The lowest BCUT2D eigenvalue weighted by atomic mass is 9.97. The SMILES string of the molecule is CCCNCc1ccc(F)cc1-c1cc(F)cc(C#N)c1. The quantitative estimate of drug-likeness (QED) is 0.843. The molecule has 0 aromatic heterocycles. The number of nitrogens with one attached hydrogen (secondary N) is 1. The first-order chi connectivity index (χ1) is 10.1. The first kappa shape index (κ1) is 15.1. The molecule has 0 heterocycles. The number of nitrogens with zero attached hydrogens (tertiary/aromatic N) is 1. The van der Waals surface area contributed by atoms with Crippen LogP contribution in [0.5, 0.6) is 0 Å². The van der Waals surface area contributed by atoms with Gasteiger partial charge in [0.2, 0.25) is 0 Å². The molecule has 0 bridgehead atoms. The van der Waals surface area contributed by atoms with Gasteiger partial charge in [0.15, 0.2) is 0 Å². The zero-order valence-corrected chi connectivity index (χ0v) is 11.8. The standard InChI is InChI=1S/C17H16F2N2/c1-2-5-21-11-13-3-4-15(18)9-17(13)14-6-12(10-20)7-16(19)8-14/h3-4,6-9,21H,2,5,11H2,1H3. The molecule has 0 aliphatic rings. The Hall–Kier alpha value is -2.25. The van der Waals surface area contributed by atoms with Gasteiger partial charge in [-0.2, -0.15) is 5.26 Å². The predicted octanol–water partition coefficient (Wildman–Crippen LogP) is 4.00. The van der Waals surface area contributed by atoms with Crippen LogP contribution < -0.4 is 5.32 Å². The molecular formula is C17H16F2N2. The van der Waals surface area contributed by atoms with Crippen LogP contribution in [-0.4, -0.2) is 6.54 Å². The molecule has 0 fully saturated rings. The van der Waals surface area contributed by atoms with Gasteiger partial charge in [0.05, 0.1) is 11.6 Å². The van der Waals surface area contributed by atoms with E-state index in [0.717, 1.165) is 24.6 Å². The fraction of sp³-hybridized carbons (Fsp3) is 0.235. The maximum absolute atomic E-state index is 13.6. The maximum Gasteiger partial charge on any atom is 0.125 e. The van der Waals surface area contributed by atoms with Crippen molar-refractivity contribution in [3.63, 3.8) is 0 Å². The normalized spacial score (nSPS) is 10.4. The largest absolute Gasteiger partial charge is 0.313 e. The van der Waals surface area contributed by atoms with Crippen LogP contribution in [0.1, 0.15) is 24.5 Å². The van der Waals surface area contributed by atoms with E-state index in [2.05, 4.69) is 12.2 Å². The summed E-state index contributed by atoms with van der Waals surface area (Å²) in [4.78, 5) is 0. The van der Waals surface area contributed by atoms with E-state index in [1.54, 1.807) is 12.1 Å². The lowest BCUT2D eigenvalue weighted by Gasteiger charge is -2.11. The average Bonchev–Trinajstić information content (AvgIpc) is 2.48. The molecule has 0 saturated carbocycles. The minimum Gasteiger partial charge on any atom is -0.313 e. The van der Waals surface area contributed by atoms with Crippen LogP contribution in [0.2, 0.25) is 0 Å². The van der Waals surface area contributed by atoms with Gasteiger partial charge in [-0.25, -0.2) is 8.78 Å². The van der Waals surface area contributed by atoms with Gasteiger partial charge < -0.3 is 5.32 Å². The summed E-state index contributed by atoms with van der Waals surface area (Å²) in [7, 11) is 0. The van der Waals surface area contributed by atoms with Gasteiger partial charge in [0, 0.05) is 6.54 Å². The van der Waals surface area contributed by atoms with Gasteiger partial charge in [0.25, 0.3) is 0 Å². The number of rotatable bonds is 5. The van der Waals surface area contributed by atoms with Crippen molar-refractivity contribution in [1.29, 1.82) is 5.26 Å². The Morgan fingerprint density at radius 3 is 2.62 bits per heavy atom. The van der Waals surface area contributed by atoms with Crippen molar-refractivity contribution in [3.05, 3.63) is 59.2 Å². The highest BCUT2D eigenvalue weighted by molar-refractivity contribution is 5.69. The molecule has 4 heteroatoms. The summed E-state index contributed by atoms with van der Waals surface area (Å²) in [6.45, 7) is 3.48. The Kier molecular flexibility index (Phi) is 5.02. The van der Waals surface area contributed by atoms with Crippen molar-refractivity contribution in [2.75, 3.05) is 6.54 Å². The van der Waals surface area contributed by atoms with E-state index in [9.17, 15) is 8.78 Å². The Morgan fingerprint density at radius 1 is 1.10 bits per heavy atom. The van der Waals surface area contributed by atoms with Gasteiger partial charge in [-0.05, 0) is 60.0 Å². The Labute approximate surface area is 123 Å². The minimum absolute atomic E-state index is 0.224. The first-order valence-electron chi connectivity index (χ1n) is 6.84. The number of halogens is 2. The molecule has 2 aromatic carbocycles. The van der Waals surface area contributed by atoms with Crippen molar-refractivity contribution < 1.29 is 8.78 Å². The zero-order chi connectivity index (χ0) is 15.2. The molecule has 2 aromatic rings. The van der Waals surface area contributed by atoms with E-state index in [0.29, 0.717) is 17.7 Å². The third-order valence-electron chi connectivity index (χ3n) is 3.15. The van der Waals surface area contributed by atoms with Gasteiger partial charge in [-0.15, -0.1) is 0 Å². The van der Waals surface area contributed by atoms with Crippen LogP contribution in [0.3, 0.4) is 0 Å². The lowest BCUT2D eigenvalue weighted by molar-refractivity contribution is 0.623. The van der Waals surface area contributed by atoms with Crippen LogP contribution in [0.4, 0.5) is 8.78 Å². The summed E-state index contributed by atoms with van der Waals surface area (Å²) in [5, 5.41) is 12.2. The second-order valence-electron chi connectivity index (χ2n) is 4.82. The topological polar surface area (TPSA) is 35.8 Å². The summed E-state index contributed by atoms with van der Waals surface area (Å²) in [6, 6.07) is 10.4. The molecule has 2 nitrogen and oxygen atoms in total. The number of hydrogen-bond acceptors (Lipinski definition) is 2. The van der Waals surface area contributed by atoms with Crippen molar-refractivity contribution in [1.82, 2.24) is 5.32 Å². The lowest BCUT2D eigenvalue weighted by Crippen LogP contribution is -2.14. The zero-order valence-electron chi connectivity index (χ0n) is 11.8. The Morgan fingerprint density at radius 2 is 1.90 bits per heavy atom. The van der Waals surface area contributed by atoms with Crippen molar-refractivity contribution in [2.24, 2.45) is 0 Å². The van der Waals surface area contributed by atoms with Gasteiger partial charge >= 0.3 is 0 Å². The monoisotopic (exact) mass is 286 g/mol. The molecule has 0 atom stereocenters. The molecule has 0 amide bonds. The molecule has 0 aliphatic carbocycles. The van der Waals surface area contributed by atoms with Gasteiger partial charge in [-0.1, -0.05) is 13.0 Å². The Bertz CT molecular complexity index is 675. The molecule has 2 rings (SSSR count). The second kappa shape index (κ2) is 6.96. The molecule has 1 N–H and O–H groups in total. The fourth-order valence-electron chi connectivity index (χ4n) is 2.18. The molecule has 108 valence electrons. The fourth-order valence-corrected chi connectivity index (χ4v) is 2.18. The maximum atomic E-state index is 13.6. The van der Waals surface area contributed by atoms with Crippen LogP contribution in [-0.2, 0) is 6.54 Å². The highest BCUT2D eigenvalue weighted by Crippen LogP contribution is 2.26. The van der Waals surface area contributed by atoms with Crippen molar-refractivity contribution in [2.45, 2.75) is 19.9 Å². The first-order valence-corrected chi connectivity index (χ1v) is 6.84. The number of hydrogen-bond donors (Lipinski definition) is 1. The van der Waals surface area contributed by atoms with Crippen LogP contribution in [0, 0.1) is 23.0 Å². The van der Waals surface area contributed by atoms with E-state index in [4.69, 9.17) is 5.26 Å². The Balaban J connectivity index is 2.44. The predicted molar refractivity (Wildman–Crippen MR) is 78.5 cm³/mol. The summed E-state index contributed by atoms with van der Waals surface area (Å²) >= 11 is 0. The second-order valence-corrected chi connectivity index (χ2v) is 4.82. The summed E-state index contributed by atoms with van der Waals surface area (Å²) in [5.74, 6) is -0.882. The smallest absolute Gasteiger partial charge is 0.125 e. The highest BCUT2D eigenvalue weighted by atomic mass is 19.1. The number of benzene rings is 2. The van der Waals surface area contributed by atoms with Crippen molar-refractivity contribution in [3.8, 4) is 17.2 Å². The van der Waals surface area contributed by atoms with E-state index in [1.807, 2.05) is 6.07 Å². The molecule has 0 aliphatic heterocycles. The van der Waals surface area contributed by atoms with E-state index in [1.165, 1.54) is 18.2 Å². The summed E-state index contributed by atoms with van der Waals surface area (Å²) < 4.78 is 27.1. The molecule has 0 radical (unpaired) electrons. The van der Waals surface area contributed by atoms with E-state index >= 15 is 0 Å². The molecular weight excluding hydrogens is 270 g/mol. The third kappa shape index (κ3) is 3.87.